The molecule has 0 spiro atoms. The van der Waals surface area contributed by atoms with Crippen LogP contribution in [0.15, 0.2) is 35.3 Å². The third-order valence-electron chi connectivity index (χ3n) is 2.49. The highest BCUT2D eigenvalue weighted by atomic mass is 32.1. The Bertz CT molecular complexity index is 624. The van der Waals surface area contributed by atoms with Gasteiger partial charge < -0.3 is 5.32 Å². The molecule has 5 nitrogen and oxygen atoms in total. The minimum absolute atomic E-state index is 0.0720. The molecule has 0 unspecified atom stereocenters. The largest absolute Gasteiger partial charge is 0.354 e. The number of hydrogen-bond donors (Lipinski definition) is 2. The summed E-state index contributed by atoms with van der Waals surface area (Å²) in [7, 11) is 0. The second-order valence-electron chi connectivity index (χ2n) is 3.77. The van der Waals surface area contributed by atoms with Gasteiger partial charge >= 0.3 is 0 Å². The summed E-state index contributed by atoms with van der Waals surface area (Å²) < 4.78 is 1.16. The van der Waals surface area contributed by atoms with Crippen LogP contribution in [0.1, 0.15) is 0 Å². The molecule has 0 atom stereocenters. The molecule has 0 radical (unpaired) electrons. The third kappa shape index (κ3) is 2.70. The molecule has 0 aliphatic rings. The maximum Gasteiger partial charge on any atom is 0.275 e. The molecule has 2 rings (SSSR count). The van der Waals surface area contributed by atoms with Gasteiger partial charge in [-0.25, -0.2) is 4.68 Å². The lowest BCUT2D eigenvalue weighted by Crippen LogP contribution is -2.34. The standard InChI is InChI=1S/C12H13N3O2S/c16-11(13-5-6-18)8-15-12(17)10-4-2-1-3-9(10)7-14-15/h1-4,7,18H,5-6,8H2,(H,13,16). The summed E-state index contributed by atoms with van der Waals surface area (Å²) >= 11 is 3.99. The second-order valence-corrected chi connectivity index (χ2v) is 4.22. The number of carbonyl (C=O) groups excluding carboxylic acids is 1. The number of fused-ring (bicyclic) bond motifs is 1. The predicted molar refractivity (Wildman–Crippen MR) is 72.9 cm³/mol. The van der Waals surface area contributed by atoms with Gasteiger partial charge in [-0.2, -0.15) is 17.7 Å². The molecule has 0 fully saturated rings. The summed E-state index contributed by atoms with van der Waals surface area (Å²) in [6.07, 6.45) is 1.59. The Balaban J connectivity index is 2.27. The first-order chi connectivity index (χ1) is 8.72. The van der Waals surface area contributed by atoms with Gasteiger partial charge in [0.05, 0.1) is 11.6 Å². The van der Waals surface area contributed by atoms with E-state index in [4.69, 9.17) is 0 Å². The average molecular weight is 263 g/mol. The zero-order valence-electron chi connectivity index (χ0n) is 9.67. The molecule has 0 saturated carbocycles. The zero-order chi connectivity index (χ0) is 13.0. The van der Waals surface area contributed by atoms with Crippen molar-refractivity contribution in [1.29, 1.82) is 0 Å². The fourth-order valence-corrected chi connectivity index (χ4v) is 1.74. The average Bonchev–Trinajstić information content (AvgIpc) is 2.40. The van der Waals surface area contributed by atoms with Crippen molar-refractivity contribution in [2.24, 2.45) is 0 Å². The van der Waals surface area contributed by atoms with Crippen molar-refractivity contribution in [1.82, 2.24) is 15.1 Å². The molecule has 1 heterocycles. The lowest BCUT2D eigenvalue weighted by Gasteiger charge is -2.06. The lowest BCUT2D eigenvalue weighted by molar-refractivity contribution is -0.121. The van der Waals surface area contributed by atoms with Gasteiger partial charge in [-0.1, -0.05) is 18.2 Å². The summed E-state index contributed by atoms with van der Waals surface area (Å²) in [5.74, 6) is 0.320. The van der Waals surface area contributed by atoms with Crippen LogP contribution in [0.2, 0.25) is 0 Å². The normalized spacial score (nSPS) is 10.5. The molecule has 1 N–H and O–H groups in total. The predicted octanol–water partition coefficient (Wildman–Crippen LogP) is 0.442. The van der Waals surface area contributed by atoms with E-state index >= 15 is 0 Å². The maximum atomic E-state index is 12.0. The molecule has 0 bridgehead atoms. The number of aromatic nitrogens is 2. The van der Waals surface area contributed by atoms with E-state index in [1.54, 1.807) is 18.3 Å². The van der Waals surface area contributed by atoms with Crippen LogP contribution in [0.5, 0.6) is 0 Å². The number of thiol groups is 1. The van der Waals surface area contributed by atoms with Crippen LogP contribution in [0.4, 0.5) is 0 Å². The number of nitrogens with one attached hydrogen (secondary N) is 1. The Labute approximate surface area is 109 Å². The molecule has 6 heteroatoms. The van der Waals surface area contributed by atoms with Crippen molar-refractivity contribution in [3.63, 3.8) is 0 Å². The fourth-order valence-electron chi connectivity index (χ4n) is 1.63. The van der Waals surface area contributed by atoms with Gasteiger partial charge in [0.1, 0.15) is 6.54 Å². The van der Waals surface area contributed by atoms with Crippen molar-refractivity contribution in [2.75, 3.05) is 12.3 Å². The molecule has 1 amide bonds. The van der Waals surface area contributed by atoms with Crippen molar-refractivity contribution >= 4 is 29.3 Å². The first-order valence-electron chi connectivity index (χ1n) is 5.55. The van der Waals surface area contributed by atoms with Gasteiger partial charge in [0.25, 0.3) is 5.56 Å². The molecule has 0 saturated heterocycles. The zero-order valence-corrected chi connectivity index (χ0v) is 10.6. The van der Waals surface area contributed by atoms with Crippen LogP contribution in [0.25, 0.3) is 10.8 Å². The highest BCUT2D eigenvalue weighted by molar-refractivity contribution is 7.80. The van der Waals surface area contributed by atoms with Crippen LogP contribution in [-0.2, 0) is 11.3 Å². The number of rotatable bonds is 4. The first kappa shape index (κ1) is 12.6. The minimum atomic E-state index is -0.255. The maximum absolute atomic E-state index is 12.0. The van der Waals surface area contributed by atoms with E-state index in [1.165, 1.54) is 0 Å². The van der Waals surface area contributed by atoms with E-state index in [9.17, 15) is 9.59 Å². The monoisotopic (exact) mass is 263 g/mol. The van der Waals surface area contributed by atoms with Crippen LogP contribution in [-0.4, -0.2) is 28.0 Å². The summed E-state index contributed by atoms with van der Waals surface area (Å²) in [6.45, 7) is 0.404. The van der Waals surface area contributed by atoms with Gasteiger partial charge in [0.2, 0.25) is 5.91 Å². The van der Waals surface area contributed by atoms with Gasteiger partial charge in [-0.3, -0.25) is 9.59 Å². The Morgan fingerprint density at radius 2 is 2.17 bits per heavy atom. The molecule has 2 aromatic rings. The Kier molecular flexibility index (Phi) is 3.99. The van der Waals surface area contributed by atoms with Crippen molar-refractivity contribution in [2.45, 2.75) is 6.54 Å². The molecule has 0 aliphatic heterocycles. The van der Waals surface area contributed by atoms with Crippen LogP contribution in [0.3, 0.4) is 0 Å². The van der Waals surface area contributed by atoms with Gasteiger partial charge in [-0.15, -0.1) is 0 Å². The van der Waals surface area contributed by atoms with Crippen LogP contribution >= 0.6 is 12.6 Å². The van der Waals surface area contributed by atoms with Gasteiger partial charge in [-0.05, 0) is 6.07 Å². The van der Waals surface area contributed by atoms with Gasteiger partial charge in [0.15, 0.2) is 0 Å². The van der Waals surface area contributed by atoms with E-state index in [1.807, 2.05) is 12.1 Å². The molecule has 18 heavy (non-hydrogen) atoms. The van der Waals surface area contributed by atoms with Gasteiger partial charge in [0, 0.05) is 17.7 Å². The Morgan fingerprint density at radius 3 is 2.94 bits per heavy atom. The molecule has 1 aromatic heterocycles. The Hall–Kier alpha value is -1.82. The fraction of sp³-hybridized carbons (Fsp3) is 0.250. The number of amides is 1. The first-order valence-corrected chi connectivity index (χ1v) is 6.18. The molecule has 1 aromatic carbocycles. The van der Waals surface area contributed by atoms with E-state index in [0.29, 0.717) is 17.7 Å². The SMILES string of the molecule is O=C(Cn1ncc2ccccc2c1=O)NCCS. The number of carbonyl (C=O) groups is 1. The van der Waals surface area contributed by atoms with Crippen molar-refractivity contribution in [3.8, 4) is 0 Å². The second kappa shape index (κ2) is 5.68. The molecular weight excluding hydrogens is 250 g/mol. The number of benzene rings is 1. The van der Waals surface area contributed by atoms with Crippen molar-refractivity contribution in [3.05, 3.63) is 40.8 Å². The molecular formula is C12H13N3O2S. The molecule has 0 aliphatic carbocycles. The highest BCUT2D eigenvalue weighted by Gasteiger charge is 2.07. The van der Waals surface area contributed by atoms with Crippen molar-refractivity contribution < 1.29 is 4.79 Å². The van der Waals surface area contributed by atoms with E-state index in [-0.39, 0.29) is 18.0 Å². The number of nitrogens with zero attached hydrogens (tertiary/aromatic N) is 2. The molecule has 94 valence electrons. The van der Waals surface area contributed by atoms with Crippen LogP contribution < -0.4 is 10.9 Å². The highest BCUT2D eigenvalue weighted by Crippen LogP contribution is 2.05. The van der Waals surface area contributed by atoms with E-state index in [2.05, 4.69) is 23.0 Å². The van der Waals surface area contributed by atoms with E-state index < -0.39 is 0 Å². The topological polar surface area (TPSA) is 64.0 Å². The summed E-state index contributed by atoms with van der Waals surface area (Å²) in [6, 6.07) is 7.17. The summed E-state index contributed by atoms with van der Waals surface area (Å²) in [5.41, 5.74) is -0.255. The number of hydrogen-bond acceptors (Lipinski definition) is 4. The minimum Gasteiger partial charge on any atom is -0.354 e. The summed E-state index contributed by atoms with van der Waals surface area (Å²) in [5, 5.41) is 7.96. The smallest absolute Gasteiger partial charge is 0.275 e. The van der Waals surface area contributed by atoms with E-state index in [0.717, 1.165) is 10.1 Å². The van der Waals surface area contributed by atoms with Crippen LogP contribution in [0, 0.1) is 0 Å². The Morgan fingerprint density at radius 1 is 1.39 bits per heavy atom. The lowest BCUT2D eigenvalue weighted by atomic mass is 10.2. The quantitative estimate of drug-likeness (QED) is 0.787. The summed E-state index contributed by atoms with van der Waals surface area (Å²) in [4.78, 5) is 23.6. The third-order valence-corrected chi connectivity index (χ3v) is 2.71.